The zero-order chi connectivity index (χ0) is 23.8. The van der Waals surface area contributed by atoms with Crippen molar-refractivity contribution in [2.75, 3.05) is 0 Å². The van der Waals surface area contributed by atoms with Gasteiger partial charge in [0.1, 0.15) is 0 Å². The van der Waals surface area contributed by atoms with Crippen LogP contribution in [0.1, 0.15) is 98.8 Å². The van der Waals surface area contributed by atoms with Crippen molar-refractivity contribution in [3.63, 3.8) is 0 Å². The quantitative estimate of drug-likeness (QED) is 0.480. The Labute approximate surface area is 200 Å². The van der Waals surface area contributed by atoms with Crippen LogP contribution in [-0.4, -0.2) is 34.0 Å². The number of hydrogen-bond donors (Lipinski definition) is 2. The lowest BCUT2D eigenvalue weighted by molar-refractivity contribution is -0.145. The molecule has 0 aromatic carbocycles. The topological polar surface area (TPSA) is 66.8 Å². The van der Waals surface area contributed by atoms with E-state index in [-0.39, 0.29) is 11.8 Å². The molecule has 4 fully saturated rings. The summed E-state index contributed by atoms with van der Waals surface area (Å²) in [6.45, 7) is 12.1. The fraction of sp³-hybridized carbons (Fsp3) is 0.897. The Morgan fingerprint density at radius 2 is 1.97 bits per heavy atom. The average molecular weight is 459 g/mol. The van der Waals surface area contributed by atoms with E-state index in [1.54, 1.807) is 0 Å². The molecule has 4 heteroatoms. The van der Waals surface area contributed by atoms with Crippen LogP contribution < -0.4 is 0 Å². The smallest absolute Gasteiger partial charge is 0.306 e. The number of rotatable bonds is 5. The van der Waals surface area contributed by atoms with Gasteiger partial charge in [-0.1, -0.05) is 46.3 Å². The number of carboxylic acids is 1. The first-order chi connectivity index (χ1) is 15.5. The maximum Gasteiger partial charge on any atom is 0.306 e. The molecule has 0 spiro atoms. The van der Waals surface area contributed by atoms with Gasteiger partial charge < -0.3 is 14.9 Å². The number of allylic oxidation sites excluding steroid dienone is 1. The molecule has 33 heavy (non-hydrogen) atoms. The van der Waals surface area contributed by atoms with E-state index in [1.165, 1.54) is 37.7 Å². The Bertz CT molecular complexity index is 818. The molecule has 2 N–H and O–H groups in total. The van der Waals surface area contributed by atoms with Crippen molar-refractivity contribution in [3.05, 3.63) is 11.6 Å². The van der Waals surface area contributed by atoms with Gasteiger partial charge in [0.2, 0.25) is 0 Å². The molecular weight excluding hydrogens is 412 g/mol. The Kier molecular flexibility index (Phi) is 5.84. The van der Waals surface area contributed by atoms with Crippen LogP contribution in [0.25, 0.3) is 0 Å². The first-order valence-corrected chi connectivity index (χ1v) is 13.8. The minimum absolute atomic E-state index is 0.124. The van der Waals surface area contributed by atoms with Gasteiger partial charge in [0.25, 0.3) is 0 Å². The summed E-state index contributed by atoms with van der Waals surface area (Å²) in [7, 11) is 0. The Hall–Kier alpha value is -0.870. The maximum atomic E-state index is 11.3. The SMILES string of the molecule is CC(C)CC[C@H]1O[C@H]2C[C@H]3[C@@H]4CC=C5CC(O)(CC(=O)O)CC[C@]5(C)[C@H]4CC[C@]3(C)[C@H]2[C@@H]1C. The molecule has 0 aromatic rings. The molecule has 4 aliphatic carbocycles. The van der Waals surface area contributed by atoms with Crippen LogP contribution in [0.2, 0.25) is 0 Å². The molecule has 4 nitrogen and oxygen atoms in total. The second-order valence-electron chi connectivity index (χ2n) is 13.6. The number of carbonyl (C=O) groups is 1. The highest BCUT2D eigenvalue weighted by molar-refractivity contribution is 5.68. The Balaban J connectivity index is 1.35. The van der Waals surface area contributed by atoms with Gasteiger partial charge in [0, 0.05) is 0 Å². The number of ether oxygens (including phenoxy) is 1. The zero-order valence-corrected chi connectivity index (χ0v) is 21.5. The predicted molar refractivity (Wildman–Crippen MR) is 130 cm³/mol. The first-order valence-electron chi connectivity index (χ1n) is 13.8. The highest BCUT2D eigenvalue weighted by Gasteiger charge is 2.65. The predicted octanol–water partition coefficient (Wildman–Crippen LogP) is 6.22. The van der Waals surface area contributed by atoms with Crippen molar-refractivity contribution >= 4 is 5.97 Å². The molecule has 0 radical (unpaired) electrons. The van der Waals surface area contributed by atoms with Crippen LogP contribution in [0.3, 0.4) is 0 Å². The summed E-state index contributed by atoms with van der Waals surface area (Å²) in [5.41, 5.74) is 0.794. The monoisotopic (exact) mass is 458 g/mol. The van der Waals surface area contributed by atoms with Gasteiger partial charge in [-0.2, -0.15) is 0 Å². The fourth-order valence-electron chi connectivity index (χ4n) is 9.66. The van der Waals surface area contributed by atoms with Gasteiger partial charge in [-0.15, -0.1) is 0 Å². The highest BCUT2D eigenvalue weighted by Crippen LogP contribution is 2.69. The lowest BCUT2D eigenvalue weighted by Crippen LogP contribution is -2.52. The van der Waals surface area contributed by atoms with Crippen molar-refractivity contribution in [2.45, 2.75) is 117 Å². The summed E-state index contributed by atoms with van der Waals surface area (Å²) < 4.78 is 6.78. The molecular formula is C29H46O4. The third-order valence-electron chi connectivity index (χ3n) is 11.4. The lowest BCUT2D eigenvalue weighted by atomic mass is 9.46. The second kappa shape index (κ2) is 8.08. The van der Waals surface area contributed by atoms with Gasteiger partial charge in [-0.05, 0) is 104 Å². The summed E-state index contributed by atoms with van der Waals surface area (Å²) in [6.07, 6.45) is 12.6. The van der Waals surface area contributed by atoms with Crippen molar-refractivity contribution < 1.29 is 19.7 Å². The number of fused-ring (bicyclic) bond motifs is 7. The van der Waals surface area contributed by atoms with E-state index in [4.69, 9.17) is 4.74 Å². The Morgan fingerprint density at radius 3 is 2.67 bits per heavy atom. The molecule has 5 aliphatic rings. The molecule has 0 bridgehead atoms. The van der Waals surface area contributed by atoms with E-state index >= 15 is 0 Å². The molecule has 1 aliphatic heterocycles. The van der Waals surface area contributed by atoms with E-state index in [1.807, 2.05) is 0 Å². The summed E-state index contributed by atoms with van der Waals surface area (Å²) in [4.78, 5) is 11.3. The minimum atomic E-state index is -1.06. The van der Waals surface area contributed by atoms with Gasteiger partial charge in [0.15, 0.2) is 0 Å². The van der Waals surface area contributed by atoms with Crippen LogP contribution in [0.15, 0.2) is 11.6 Å². The summed E-state index contributed by atoms with van der Waals surface area (Å²) in [6, 6.07) is 0. The normalized spacial score (nSPS) is 50.9. The molecule has 0 amide bonds. The van der Waals surface area contributed by atoms with Crippen molar-refractivity contribution in [1.29, 1.82) is 0 Å². The van der Waals surface area contributed by atoms with E-state index in [0.29, 0.717) is 54.1 Å². The largest absolute Gasteiger partial charge is 0.481 e. The fourth-order valence-corrected chi connectivity index (χ4v) is 9.66. The van der Waals surface area contributed by atoms with Gasteiger partial charge in [-0.3, -0.25) is 4.79 Å². The summed E-state index contributed by atoms with van der Waals surface area (Å²) in [5.74, 6) is 3.32. The molecule has 0 aromatic heterocycles. The number of carboxylic acid groups (broad SMARTS) is 1. The van der Waals surface area contributed by atoms with Gasteiger partial charge >= 0.3 is 5.97 Å². The highest BCUT2D eigenvalue weighted by atomic mass is 16.5. The zero-order valence-electron chi connectivity index (χ0n) is 21.5. The van der Waals surface area contributed by atoms with Crippen molar-refractivity contribution in [1.82, 2.24) is 0 Å². The number of aliphatic carboxylic acids is 1. The Morgan fingerprint density at radius 1 is 1.21 bits per heavy atom. The van der Waals surface area contributed by atoms with Crippen LogP contribution in [0, 0.1) is 46.3 Å². The molecule has 1 heterocycles. The van der Waals surface area contributed by atoms with E-state index in [2.05, 4.69) is 40.7 Å². The van der Waals surface area contributed by atoms with E-state index in [9.17, 15) is 15.0 Å². The minimum Gasteiger partial charge on any atom is -0.481 e. The van der Waals surface area contributed by atoms with Gasteiger partial charge in [0.05, 0.1) is 24.2 Å². The maximum absolute atomic E-state index is 11.3. The van der Waals surface area contributed by atoms with E-state index in [0.717, 1.165) is 24.7 Å². The number of aliphatic hydroxyl groups is 1. The van der Waals surface area contributed by atoms with Gasteiger partial charge in [-0.25, -0.2) is 0 Å². The first kappa shape index (κ1) is 23.9. The molecule has 1 saturated heterocycles. The lowest BCUT2D eigenvalue weighted by Gasteiger charge is -2.59. The van der Waals surface area contributed by atoms with E-state index < -0.39 is 11.6 Å². The molecule has 1 unspecified atom stereocenters. The molecule has 10 atom stereocenters. The van der Waals surface area contributed by atoms with Crippen molar-refractivity contribution in [2.24, 2.45) is 46.3 Å². The number of hydrogen-bond acceptors (Lipinski definition) is 3. The molecule has 3 saturated carbocycles. The van der Waals surface area contributed by atoms with Crippen molar-refractivity contribution in [3.8, 4) is 0 Å². The third kappa shape index (κ3) is 3.73. The standard InChI is InChI=1S/C29H46O4/c1-17(2)6-9-23-18(3)26-24(33-23)14-22-20-8-7-19-15-29(32,16-25(30)31)13-12-27(19,4)21(20)10-11-28(22,26)5/h7,17-18,20-24,26,32H,6,8-16H2,1-5H3,(H,30,31)/t18-,20-,21+,22+,23-,24+,26+,27+,28+,29?/m1/s1. The molecule has 5 rings (SSSR count). The van der Waals surface area contributed by atoms with Crippen LogP contribution in [0.4, 0.5) is 0 Å². The van der Waals surface area contributed by atoms with Crippen LogP contribution in [-0.2, 0) is 9.53 Å². The average Bonchev–Trinajstić information content (AvgIpc) is 3.20. The van der Waals surface area contributed by atoms with Crippen LogP contribution >= 0.6 is 0 Å². The molecule has 186 valence electrons. The third-order valence-corrected chi connectivity index (χ3v) is 11.4. The summed E-state index contributed by atoms with van der Waals surface area (Å²) in [5, 5.41) is 20.3. The van der Waals surface area contributed by atoms with Crippen LogP contribution in [0.5, 0.6) is 0 Å². The second-order valence-corrected chi connectivity index (χ2v) is 13.6. The summed E-state index contributed by atoms with van der Waals surface area (Å²) >= 11 is 0.